The number of hydrogen-bond acceptors (Lipinski definition) is 0. The van der Waals surface area contributed by atoms with Gasteiger partial charge in [-0.15, -0.1) is 0 Å². The molecule has 1 aliphatic rings. The van der Waals surface area contributed by atoms with E-state index in [-0.39, 0.29) is 0 Å². The molecular weight excluding hydrogens is 324 g/mol. The van der Waals surface area contributed by atoms with Crippen molar-refractivity contribution in [2.75, 3.05) is 0 Å². The number of hydrogen-bond donors (Lipinski definition) is 0. The van der Waals surface area contributed by atoms with Gasteiger partial charge >= 0.3 is 0 Å². The van der Waals surface area contributed by atoms with Crippen LogP contribution in [0.25, 0.3) is 5.57 Å². The average molecular weight is 366 g/mol. The van der Waals surface area contributed by atoms with Crippen LogP contribution in [0.2, 0.25) is 0 Å². The van der Waals surface area contributed by atoms with Crippen molar-refractivity contribution in [2.45, 2.75) is 81.6 Å². The van der Waals surface area contributed by atoms with E-state index < -0.39 is 0 Å². The first-order valence-corrected chi connectivity index (χ1v) is 10.6. The maximum Gasteiger partial charge on any atom is -0.0108 e. The Balaban J connectivity index is 0.000000626. The van der Waals surface area contributed by atoms with Gasteiger partial charge in [0.2, 0.25) is 0 Å². The minimum Gasteiger partial charge on any atom is -0.0683 e. The summed E-state index contributed by atoms with van der Waals surface area (Å²) in [5.74, 6) is 1.08. The minimum absolute atomic E-state index is 0.860. The topological polar surface area (TPSA) is 0 Å². The molecule has 1 fully saturated rings. The number of benzene rings is 2. The first-order valence-electron chi connectivity index (χ1n) is 10.6. The van der Waals surface area contributed by atoms with E-state index in [1.165, 1.54) is 41.5 Å². The largest absolute Gasteiger partial charge is 0.0683 e. The lowest BCUT2D eigenvalue weighted by Gasteiger charge is -2.12. The van der Waals surface area contributed by atoms with Crippen LogP contribution >= 0.6 is 0 Å². The van der Waals surface area contributed by atoms with E-state index in [4.69, 9.17) is 6.58 Å². The summed E-state index contributed by atoms with van der Waals surface area (Å²) in [6.07, 6.45) is 4.22. The van der Waals surface area contributed by atoms with Gasteiger partial charge < -0.3 is 0 Å². The van der Waals surface area contributed by atoms with Crippen molar-refractivity contribution in [3.05, 3.63) is 76.4 Å². The molecule has 1 saturated carbocycles. The Kier molecular flexibility index (Phi) is 12.5. The molecule has 0 aromatic heterocycles. The Labute approximate surface area is 169 Å². The van der Waals surface area contributed by atoms with Crippen LogP contribution in [0.4, 0.5) is 0 Å². The molecule has 0 amide bonds. The van der Waals surface area contributed by atoms with Gasteiger partial charge in [-0.1, -0.05) is 96.9 Å². The second-order valence-corrected chi connectivity index (χ2v) is 7.35. The summed E-state index contributed by atoms with van der Waals surface area (Å²) in [5.41, 5.74) is 8.21. The van der Waals surface area contributed by atoms with Crippen LogP contribution in [-0.4, -0.2) is 0 Å². The first-order chi connectivity index (χ1) is 12.8. The molecule has 2 aromatic carbocycles. The van der Waals surface area contributed by atoms with Crippen LogP contribution in [0.3, 0.4) is 0 Å². The lowest BCUT2D eigenvalue weighted by atomic mass is 9.92. The van der Waals surface area contributed by atoms with Crippen molar-refractivity contribution in [2.24, 2.45) is 5.92 Å². The van der Waals surface area contributed by atoms with Crippen LogP contribution in [0.5, 0.6) is 0 Å². The van der Waals surface area contributed by atoms with Crippen molar-refractivity contribution in [3.63, 3.8) is 0 Å². The Hall–Kier alpha value is -1.82. The fourth-order valence-corrected chi connectivity index (χ4v) is 2.27. The molecule has 0 spiro atoms. The maximum atomic E-state index is 6.32. The predicted molar refractivity (Wildman–Crippen MR) is 124 cm³/mol. The molecule has 0 atom stereocenters. The van der Waals surface area contributed by atoms with Crippen molar-refractivity contribution in [1.82, 2.24) is 0 Å². The van der Waals surface area contributed by atoms with Gasteiger partial charge in [0, 0.05) is 0 Å². The van der Waals surface area contributed by atoms with Crippen molar-refractivity contribution < 1.29 is 0 Å². The smallest absolute Gasteiger partial charge is 0.0108 e. The lowest BCUT2D eigenvalue weighted by molar-refractivity contribution is 0.983. The van der Waals surface area contributed by atoms with Gasteiger partial charge in [0.15, 0.2) is 0 Å². The molecule has 27 heavy (non-hydrogen) atoms. The Morgan fingerprint density at radius 1 is 0.889 bits per heavy atom. The van der Waals surface area contributed by atoms with E-state index in [9.17, 15) is 0 Å². The molecule has 0 heterocycles. The monoisotopic (exact) mass is 365 g/mol. The van der Waals surface area contributed by atoms with E-state index >= 15 is 0 Å². The van der Waals surface area contributed by atoms with Crippen molar-refractivity contribution in [1.29, 1.82) is 0 Å². The normalized spacial score (nSPS) is 11.7. The standard InChI is InChI=1S/C18H19.C4H8.C3H8.C2H6/c1-12-9-10-17(11-14(12)3)16(5)18-8-6-7-13(2)15(18)4;1-4-2-3-4;1-3-2;1-2/h5-11H,1-4H3;4H,2-3H2,1H3;3H2,1-2H3;1-2H3. The van der Waals surface area contributed by atoms with Gasteiger partial charge in [-0.2, -0.15) is 0 Å². The summed E-state index contributed by atoms with van der Waals surface area (Å²) in [5, 5.41) is 0. The molecule has 0 unspecified atom stereocenters. The molecule has 149 valence electrons. The zero-order valence-electron chi connectivity index (χ0n) is 19.2. The quantitative estimate of drug-likeness (QED) is 0.499. The minimum atomic E-state index is 0.860. The van der Waals surface area contributed by atoms with Crippen LogP contribution in [-0.2, 0) is 0 Å². The Bertz CT molecular complexity index is 687. The molecule has 0 bridgehead atoms. The van der Waals surface area contributed by atoms with Crippen LogP contribution in [0.15, 0.2) is 36.4 Å². The van der Waals surface area contributed by atoms with Crippen molar-refractivity contribution in [3.8, 4) is 0 Å². The van der Waals surface area contributed by atoms with Crippen molar-refractivity contribution >= 4 is 5.57 Å². The SMILES string of the molecule is CC.CC1CC1.CCC.[CH]=C(c1ccc(C)c(C)c1)c1cccc(C)c1C. The van der Waals surface area contributed by atoms with E-state index in [1.54, 1.807) is 0 Å². The molecule has 0 N–H and O–H groups in total. The average Bonchev–Trinajstić information content (AvgIpc) is 3.44. The third kappa shape index (κ3) is 9.09. The predicted octanol–water partition coefficient (Wildman–Crippen LogP) is 8.64. The van der Waals surface area contributed by atoms with Gasteiger partial charge in [-0.05, 0) is 72.6 Å². The first kappa shape index (κ1) is 25.2. The highest BCUT2D eigenvalue weighted by atomic mass is 14.2. The highest BCUT2D eigenvalue weighted by Gasteiger charge is 2.12. The summed E-state index contributed by atoms with van der Waals surface area (Å²) < 4.78 is 0. The zero-order chi connectivity index (χ0) is 21.0. The Morgan fingerprint density at radius 3 is 1.85 bits per heavy atom. The molecule has 1 radical (unpaired) electrons. The van der Waals surface area contributed by atoms with Crippen LogP contribution < -0.4 is 0 Å². The molecule has 0 saturated heterocycles. The molecule has 3 rings (SSSR count). The maximum absolute atomic E-state index is 6.32. The lowest BCUT2D eigenvalue weighted by Crippen LogP contribution is -1.94. The number of aryl methyl sites for hydroxylation is 3. The van der Waals surface area contributed by atoms with Gasteiger partial charge in [0.25, 0.3) is 0 Å². The van der Waals surface area contributed by atoms with Gasteiger partial charge in [0.05, 0.1) is 0 Å². The van der Waals surface area contributed by atoms with Gasteiger partial charge in [-0.3, -0.25) is 0 Å². The van der Waals surface area contributed by atoms with E-state index in [1.807, 2.05) is 13.8 Å². The second-order valence-electron chi connectivity index (χ2n) is 7.35. The summed E-state index contributed by atoms with van der Waals surface area (Å²) in [6, 6.07) is 12.7. The summed E-state index contributed by atoms with van der Waals surface area (Å²) in [6.45, 7) is 25.3. The molecule has 2 aromatic rings. The molecule has 0 aliphatic heterocycles. The van der Waals surface area contributed by atoms with Crippen LogP contribution in [0.1, 0.15) is 87.3 Å². The van der Waals surface area contributed by atoms with Gasteiger partial charge in [0.1, 0.15) is 0 Å². The van der Waals surface area contributed by atoms with Gasteiger partial charge in [-0.25, -0.2) is 0 Å². The summed E-state index contributed by atoms with van der Waals surface area (Å²) in [7, 11) is 0. The van der Waals surface area contributed by atoms with Crippen LogP contribution in [0, 0.1) is 40.2 Å². The molecule has 0 heteroatoms. The second kappa shape index (κ2) is 13.4. The molecular formula is C27H41. The zero-order valence-corrected chi connectivity index (χ0v) is 19.2. The Morgan fingerprint density at radius 2 is 1.41 bits per heavy atom. The van der Waals surface area contributed by atoms with E-state index in [0.717, 1.165) is 22.6 Å². The summed E-state index contributed by atoms with van der Waals surface area (Å²) >= 11 is 0. The third-order valence-electron chi connectivity index (χ3n) is 4.58. The number of rotatable bonds is 2. The fourth-order valence-electron chi connectivity index (χ4n) is 2.27. The summed E-state index contributed by atoms with van der Waals surface area (Å²) in [4.78, 5) is 0. The van der Waals surface area contributed by atoms with E-state index in [2.05, 4.69) is 84.9 Å². The highest BCUT2D eigenvalue weighted by Crippen LogP contribution is 2.27. The third-order valence-corrected chi connectivity index (χ3v) is 4.58. The highest BCUT2D eigenvalue weighted by molar-refractivity contribution is 5.79. The fraction of sp³-hybridized carbons (Fsp3) is 0.481. The molecule has 0 nitrogen and oxygen atoms in total. The van der Waals surface area contributed by atoms with E-state index in [0.29, 0.717) is 0 Å². The molecule has 1 aliphatic carbocycles.